The number of rotatable bonds is 7. The zero-order valence-electron chi connectivity index (χ0n) is 14.4. The summed E-state index contributed by atoms with van der Waals surface area (Å²) >= 11 is 0. The number of nitrogens with zero attached hydrogens (tertiary/aromatic N) is 1. The van der Waals surface area contributed by atoms with Crippen molar-refractivity contribution in [3.8, 4) is 0 Å². The molecule has 0 saturated carbocycles. The minimum atomic E-state index is -3.87. The van der Waals surface area contributed by atoms with E-state index >= 15 is 0 Å². The first-order valence-electron chi connectivity index (χ1n) is 8.19. The van der Waals surface area contributed by atoms with E-state index in [9.17, 15) is 13.2 Å². The Hall–Kier alpha value is -2.95. The summed E-state index contributed by atoms with van der Waals surface area (Å²) in [4.78, 5) is 19.0. The third kappa shape index (κ3) is 4.42. The van der Waals surface area contributed by atoms with E-state index in [0.717, 1.165) is 0 Å². The molecule has 0 aliphatic rings. The number of H-pyrrole nitrogens is 1. The molecule has 0 radical (unpaired) electrons. The molecular formula is C17H20N6O3S. The second-order valence-electron chi connectivity index (χ2n) is 5.91. The standard InChI is InChI=1S/C17H20N6O3S/c18-9-12-8-13-15(27(19,25)26)4-3-14(17(13)23-12)21-7-5-16(24)22-11-2-1-6-20-10-11/h1-4,6,8,10,21,23H,5,7,9,18H2,(H,22,24)(H2,19,25,26). The highest BCUT2D eigenvalue weighted by atomic mass is 32.2. The Balaban J connectivity index is 1.73. The highest BCUT2D eigenvalue weighted by Gasteiger charge is 2.17. The molecule has 2 heterocycles. The van der Waals surface area contributed by atoms with Gasteiger partial charge in [0.1, 0.15) is 0 Å². The van der Waals surface area contributed by atoms with Gasteiger partial charge in [-0.1, -0.05) is 0 Å². The molecule has 27 heavy (non-hydrogen) atoms. The minimum Gasteiger partial charge on any atom is -0.383 e. The monoisotopic (exact) mass is 388 g/mol. The quantitative estimate of drug-likeness (QED) is 0.408. The first-order chi connectivity index (χ1) is 12.9. The van der Waals surface area contributed by atoms with E-state index < -0.39 is 10.0 Å². The van der Waals surface area contributed by atoms with Crippen molar-refractivity contribution in [2.24, 2.45) is 10.9 Å². The molecule has 2 aromatic heterocycles. The topological polar surface area (TPSA) is 156 Å². The molecule has 1 amide bonds. The molecule has 142 valence electrons. The van der Waals surface area contributed by atoms with Crippen LogP contribution in [0.25, 0.3) is 10.9 Å². The normalized spacial score (nSPS) is 11.5. The summed E-state index contributed by atoms with van der Waals surface area (Å²) in [7, 11) is -3.87. The van der Waals surface area contributed by atoms with Crippen LogP contribution in [0.5, 0.6) is 0 Å². The fraction of sp³-hybridized carbons (Fsp3) is 0.176. The number of amides is 1. The van der Waals surface area contributed by atoms with Gasteiger partial charge in [-0.3, -0.25) is 9.78 Å². The largest absolute Gasteiger partial charge is 0.383 e. The Kier molecular flexibility index (Phi) is 5.40. The molecule has 1 aromatic carbocycles. The Morgan fingerprint density at radius 2 is 2.07 bits per heavy atom. The number of pyridine rings is 1. The zero-order chi connectivity index (χ0) is 19.4. The van der Waals surface area contributed by atoms with Gasteiger partial charge < -0.3 is 21.4 Å². The van der Waals surface area contributed by atoms with Gasteiger partial charge in [-0.2, -0.15) is 0 Å². The molecule has 9 nitrogen and oxygen atoms in total. The Bertz CT molecular complexity index is 1060. The van der Waals surface area contributed by atoms with Crippen molar-refractivity contribution in [3.63, 3.8) is 0 Å². The molecule has 3 rings (SSSR count). The number of carbonyl (C=O) groups excluding carboxylic acids is 1. The summed E-state index contributed by atoms with van der Waals surface area (Å²) in [6.07, 6.45) is 3.41. The van der Waals surface area contributed by atoms with Crippen LogP contribution in [0.2, 0.25) is 0 Å². The molecule has 0 atom stereocenters. The number of fused-ring (bicyclic) bond motifs is 1. The van der Waals surface area contributed by atoms with E-state index in [2.05, 4.69) is 20.6 Å². The predicted molar refractivity (Wildman–Crippen MR) is 104 cm³/mol. The number of nitrogens with two attached hydrogens (primary N) is 2. The lowest BCUT2D eigenvalue weighted by Gasteiger charge is -2.10. The number of sulfonamides is 1. The highest BCUT2D eigenvalue weighted by molar-refractivity contribution is 7.89. The lowest BCUT2D eigenvalue weighted by Crippen LogP contribution is -2.16. The van der Waals surface area contributed by atoms with Crippen LogP contribution in [0.15, 0.2) is 47.6 Å². The van der Waals surface area contributed by atoms with Gasteiger partial charge in [-0.05, 0) is 30.3 Å². The molecule has 0 aliphatic carbocycles. The summed E-state index contributed by atoms with van der Waals surface area (Å²) in [6.45, 7) is 0.582. The number of hydrogen-bond donors (Lipinski definition) is 5. The van der Waals surface area contributed by atoms with Crippen molar-refractivity contribution in [2.45, 2.75) is 17.9 Å². The predicted octanol–water partition coefficient (Wildman–Crippen LogP) is 1.11. The van der Waals surface area contributed by atoms with Crippen molar-refractivity contribution < 1.29 is 13.2 Å². The van der Waals surface area contributed by atoms with Crippen LogP contribution in [-0.4, -0.2) is 30.8 Å². The van der Waals surface area contributed by atoms with Gasteiger partial charge in [0.25, 0.3) is 0 Å². The van der Waals surface area contributed by atoms with Gasteiger partial charge in [0.2, 0.25) is 15.9 Å². The minimum absolute atomic E-state index is 0.0216. The van der Waals surface area contributed by atoms with Gasteiger partial charge in [0.15, 0.2) is 0 Å². The molecule has 0 spiro atoms. The Morgan fingerprint density at radius 1 is 1.26 bits per heavy atom. The van der Waals surface area contributed by atoms with E-state index in [4.69, 9.17) is 10.9 Å². The summed E-state index contributed by atoms with van der Waals surface area (Å²) in [5.41, 5.74) is 8.19. The number of benzene rings is 1. The zero-order valence-corrected chi connectivity index (χ0v) is 15.2. The number of aromatic nitrogens is 2. The van der Waals surface area contributed by atoms with Crippen LogP contribution in [0.1, 0.15) is 12.1 Å². The number of hydrogen-bond acceptors (Lipinski definition) is 6. The number of aromatic amines is 1. The van der Waals surface area contributed by atoms with Crippen molar-refractivity contribution in [1.82, 2.24) is 9.97 Å². The van der Waals surface area contributed by atoms with Crippen molar-refractivity contribution >= 4 is 38.2 Å². The lowest BCUT2D eigenvalue weighted by molar-refractivity contribution is -0.115. The Labute approximate surface area is 156 Å². The van der Waals surface area contributed by atoms with Crippen LogP contribution in [0.3, 0.4) is 0 Å². The van der Waals surface area contributed by atoms with E-state index in [0.29, 0.717) is 34.5 Å². The molecule has 0 aliphatic heterocycles. The fourth-order valence-corrected chi connectivity index (χ4v) is 3.45. The van der Waals surface area contributed by atoms with Crippen LogP contribution >= 0.6 is 0 Å². The molecule has 3 aromatic rings. The van der Waals surface area contributed by atoms with Crippen LogP contribution in [0.4, 0.5) is 11.4 Å². The molecule has 0 saturated heterocycles. The van der Waals surface area contributed by atoms with Gasteiger partial charge >= 0.3 is 0 Å². The fourth-order valence-electron chi connectivity index (χ4n) is 2.73. The maximum atomic E-state index is 12.0. The van der Waals surface area contributed by atoms with E-state index in [1.807, 2.05) is 0 Å². The smallest absolute Gasteiger partial charge is 0.238 e. The summed E-state index contributed by atoms with van der Waals surface area (Å²) in [6, 6.07) is 8.19. The van der Waals surface area contributed by atoms with Crippen LogP contribution < -0.4 is 21.5 Å². The summed E-state index contributed by atoms with van der Waals surface area (Å²) in [5, 5.41) is 11.6. The van der Waals surface area contributed by atoms with Gasteiger partial charge in [0, 0.05) is 36.8 Å². The van der Waals surface area contributed by atoms with E-state index in [1.165, 1.54) is 6.07 Å². The van der Waals surface area contributed by atoms with E-state index in [-0.39, 0.29) is 23.8 Å². The van der Waals surface area contributed by atoms with Crippen molar-refractivity contribution in [2.75, 3.05) is 17.2 Å². The third-order valence-electron chi connectivity index (χ3n) is 3.95. The second-order valence-corrected chi connectivity index (χ2v) is 7.44. The van der Waals surface area contributed by atoms with Gasteiger partial charge in [-0.15, -0.1) is 0 Å². The van der Waals surface area contributed by atoms with Gasteiger partial charge in [-0.25, -0.2) is 13.6 Å². The number of carbonyl (C=O) groups is 1. The van der Waals surface area contributed by atoms with E-state index in [1.54, 1.807) is 36.7 Å². The first kappa shape index (κ1) is 18.8. The molecule has 7 N–H and O–H groups in total. The molecule has 0 fully saturated rings. The molecule has 0 bridgehead atoms. The van der Waals surface area contributed by atoms with Crippen LogP contribution in [-0.2, 0) is 21.4 Å². The van der Waals surface area contributed by atoms with Crippen molar-refractivity contribution in [3.05, 3.63) is 48.4 Å². The van der Waals surface area contributed by atoms with Crippen molar-refractivity contribution in [1.29, 1.82) is 0 Å². The van der Waals surface area contributed by atoms with Gasteiger partial charge in [0.05, 0.1) is 28.0 Å². The maximum absolute atomic E-state index is 12.0. The number of primary sulfonamides is 1. The average molecular weight is 388 g/mol. The Morgan fingerprint density at radius 3 is 2.74 bits per heavy atom. The highest BCUT2D eigenvalue weighted by Crippen LogP contribution is 2.29. The van der Waals surface area contributed by atoms with Crippen LogP contribution in [0, 0.1) is 0 Å². The first-order valence-corrected chi connectivity index (χ1v) is 9.74. The summed E-state index contributed by atoms with van der Waals surface area (Å²) in [5.74, 6) is -0.165. The SMILES string of the molecule is NCc1cc2c(S(N)(=O)=O)ccc(NCCC(=O)Nc3cccnc3)c2[nH]1. The average Bonchev–Trinajstić information content (AvgIpc) is 3.06. The second kappa shape index (κ2) is 7.74. The maximum Gasteiger partial charge on any atom is 0.238 e. The number of nitrogens with one attached hydrogen (secondary N) is 3. The lowest BCUT2D eigenvalue weighted by atomic mass is 10.2. The molecule has 0 unspecified atom stereocenters. The third-order valence-corrected chi connectivity index (χ3v) is 4.92. The summed E-state index contributed by atoms with van der Waals surface area (Å²) < 4.78 is 23.6. The number of anilines is 2. The molecule has 10 heteroatoms. The molecular weight excluding hydrogens is 368 g/mol.